The number of hydrogen-bond donors (Lipinski definition) is 2. The van der Waals surface area contributed by atoms with Crippen molar-refractivity contribution in [3.63, 3.8) is 0 Å². The number of anilines is 2. The summed E-state index contributed by atoms with van der Waals surface area (Å²) in [5, 5.41) is 6.57. The summed E-state index contributed by atoms with van der Waals surface area (Å²) in [6.45, 7) is 3.99. The highest BCUT2D eigenvalue weighted by molar-refractivity contribution is 7.22. The molecule has 0 aliphatic heterocycles. The van der Waals surface area contributed by atoms with Gasteiger partial charge in [0.15, 0.2) is 5.13 Å². The lowest BCUT2D eigenvalue weighted by Crippen LogP contribution is -2.18. The van der Waals surface area contributed by atoms with Crippen molar-refractivity contribution < 1.29 is 9.53 Å². The molecule has 3 rings (SSSR count). The molecule has 3 aromatic rings. The molecule has 24 heavy (non-hydrogen) atoms. The lowest BCUT2D eigenvalue weighted by atomic mass is 10.2. The summed E-state index contributed by atoms with van der Waals surface area (Å²) in [5.74, 6) is 1.09. The molecule has 1 aromatic carbocycles. The summed E-state index contributed by atoms with van der Waals surface area (Å²) < 4.78 is 6.16. The summed E-state index contributed by atoms with van der Waals surface area (Å²) in [6, 6.07) is 9.28. The van der Waals surface area contributed by atoms with Crippen LogP contribution in [0.5, 0.6) is 5.75 Å². The van der Waals surface area contributed by atoms with E-state index in [4.69, 9.17) is 4.74 Å². The Kier molecular flexibility index (Phi) is 4.61. The maximum atomic E-state index is 12.6. The van der Waals surface area contributed by atoms with Gasteiger partial charge in [-0.1, -0.05) is 11.3 Å². The van der Waals surface area contributed by atoms with Crippen LogP contribution in [0.1, 0.15) is 24.2 Å². The lowest BCUT2D eigenvalue weighted by molar-refractivity contribution is 0.102. The molecule has 0 aliphatic rings. The first kappa shape index (κ1) is 16.2. The van der Waals surface area contributed by atoms with Crippen LogP contribution in [0.15, 0.2) is 36.5 Å². The molecule has 124 valence electrons. The zero-order chi connectivity index (χ0) is 17.1. The number of methoxy groups -OCH3 is 1. The maximum Gasteiger partial charge on any atom is 0.261 e. The molecule has 0 saturated carbocycles. The van der Waals surface area contributed by atoms with Crippen molar-refractivity contribution >= 4 is 38.4 Å². The molecular formula is C17H18N4O2S. The summed E-state index contributed by atoms with van der Waals surface area (Å²) in [5.41, 5.74) is 1.31. The number of amides is 1. The Morgan fingerprint density at radius 2 is 2.12 bits per heavy atom. The van der Waals surface area contributed by atoms with Crippen molar-refractivity contribution in [2.24, 2.45) is 0 Å². The number of pyridine rings is 1. The van der Waals surface area contributed by atoms with Crippen LogP contribution in [0, 0.1) is 0 Å². The van der Waals surface area contributed by atoms with E-state index in [1.165, 1.54) is 11.3 Å². The molecule has 0 saturated heterocycles. The van der Waals surface area contributed by atoms with Gasteiger partial charge in [-0.3, -0.25) is 10.1 Å². The molecule has 0 fully saturated rings. The first-order valence-corrected chi connectivity index (χ1v) is 8.36. The molecular weight excluding hydrogens is 324 g/mol. The third kappa shape index (κ3) is 3.46. The number of thiazole rings is 1. The van der Waals surface area contributed by atoms with Crippen molar-refractivity contribution in [1.82, 2.24) is 9.97 Å². The quantitative estimate of drug-likeness (QED) is 0.738. The molecule has 0 radical (unpaired) electrons. The Morgan fingerprint density at radius 1 is 1.29 bits per heavy atom. The van der Waals surface area contributed by atoms with Gasteiger partial charge in [0.05, 0.1) is 22.9 Å². The molecule has 1 amide bonds. The lowest BCUT2D eigenvalue weighted by Gasteiger charge is -2.12. The Balaban J connectivity index is 1.85. The van der Waals surface area contributed by atoms with Crippen LogP contribution in [-0.4, -0.2) is 29.0 Å². The normalized spacial score (nSPS) is 10.8. The minimum Gasteiger partial charge on any atom is -0.497 e. The van der Waals surface area contributed by atoms with E-state index >= 15 is 0 Å². The SMILES string of the molecule is COc1ccc2nc(NC(=O)c3cccnc3NC(C)C)sc2c1. The summed E-state index contributed by atoms with van der Waals surface area (Å²) in [6.07, 6.45) is 1.66. The molecule has 0 bridgehead atoms. The molecule has 2 aromatic heterocycles. The van der Waals surface area contributed by atoms with Crippen molar-refractivity contribution in [3.8, 4) is 5.75 Å². The van der Waals surface area contributed by atoms with E-state index in [2.05, 4.69) is 20.6 Å². The largest absolute Gasteiger partial charge is 0.497 e. The van der Waals surface area contributed by atoms with E-state index in [0.29, 0.717) is 16.5 Å². The molecule has 7 heteroatoms. The molecule has 0 atom stereocenters. The molecule has 6 nitrogen and oxygen atoms in total. The number of hydrogen-bond acceptors (Lipinski definition) is 6. The highest BCUT2D eigenvalue weighted by Crippen LogP contribution is 2.29. The Morgan fingerprint density at radius 3 is 2.88 bits per heavy atom. The molecule has 2 heterocycles. The maximum absolute atomic E-state index is 12.6. The van der Waals surface area contributed by atoms with Crippen LogP contribution in [-0.2, 0) is 0 Å². The molecule has 0 spiro atoms. The van der Waals surface area contributed by atoms with Gasteiger partial charge in [0.1, 0.15) is 11.6 Å². The van der Waals surface area contributed by atoms with Gasteiger partial charge in [0.25, 0.3) is 5.91 Å². The topological polar surface area (TPSA) is 76.1 Å². The van der Waals surface area contributed by atoms with E-state index in [1.807, 2.05) is 32.0 Å². The number of fused-ring (bicyclic) bond motifs is 1. The van der Waals surface area contributed by atoms with E-state index < -0.39 is 0 Å². The monoisotopic (exact) mass is 342 g/mol. The predicted octanol–water partition coefficient (Wildman–Crippen LogP) is 3.77. The average Bonchev–Trinajstić information content (AvgIpc) is 2.95. The fourth-order valence-corrected chi connectivity index (χ4v) is 3.12. The van der Waals surface area contributed by atoms with Crippen molar-refractivity contribution in [2.45, 2.75) is 19.9 Å². The number of rotatable bonds is 5. The van der Waals surface area contributed by atoms with Crippen molar-refractivity contribution in [2.75, 3.05) is 17.7 Å². The molecule has 0 unspecified atom stereocenters. The average molecular weight is 342 g/mol. The third-order valence-corrected chi connectivity index (χ3v) is 4.23. The summed E-state index contributed by atoms with van der Waals surface area (Å²) in [7, 11) is 1.62. The number of carbonyl (C=O) groups excluding carboxylic acids is 1. The van der Waals surface area contributed by atoms with Crippen molar-refractivity contribution in [1.29, 1.82) is 0 Å². The molecule has 2 N–H and O–H groups in total. The van der Waals surface area contributed by atoms with Gasteiger partial charge in [-0.15, -0.1) is 0 Å². The van der Waals surface area contributed by atoms with Crippen LogP contribution in [0.3, 0.4) is 0 Å². The van der Waals surface area contributed by atoms with Gasteiger partial charge in [-0.05, 0) is 44.2 Å². The van der Waals surface area contributed by atoms with Gasteiger partial charge >= 0.3 is 0 Å². The van der Waals surface area contributed by atoms with Gasteiger partial charge < -0.3 is 10.1 Å². The Hall–Kier alpha value is -2.67. The van der Waals surface area contributed by atoms with E-state index in [9.17, 15) is 4.79 Å². The number of ether oxygens (including phenoxy) is 1. The smallest absolute Gasteiger partial charge is 0.261 e. The second-order valence-electron chi connectivity index (χ2n) is 5.51. The highest BCUT2D eigenvalue weighted by atomic mass is 32.1. The summed E-state index contributed by atoms with van der Waals surface area (Å²) >= 11 is 1.41. The fraction of sp³-hybridized carbons (Fsp3) is 0.235. The summed E-state index contributed by atoms with van der Waals surface area (Å²) in [4.78, 5) is 21.2. The van der Waals surface area contributed by atoms with E-state index in [1.54, 1.807) is 25.4 Å². The first-order valence-electron chi connectivity index (χ1n) is 7.54. The zero-order valence-electron chi connectivity index (χ0n) is 13.7. The number of nitrogens with zero attached hydrogens (tertiary/aromatic N) is 2. The highest BCUT2D eigenvalue weighted by Gasteiger charge is 2.15. The van der Waals surface area contributed by atoms with E-state index in [-0.39, 0.29) is 11.9 Å². The number of nitrogens with one attached hydrogen (secondary N) is 2. The Bertz CT molecular complexity index is 876. The van der Waals surface area contributed by atoms with Gasteiger partial charge in [-0.2, -0.15) is 0 Å². The van der Waals surface area contributed by atoms with Crippen LogP contribution in [0.25, 0.3) is 10.2 Å². The third-order valence-electron chi connectivity index (χ3n) is 3.29. The van der Waals surface area contributed by atoms with Crippen molar-refractivity contribution in [3.05, 3.63) is 42.1 Å². The van der Waals surface area contributed by atoms with Crippen LogP contribution >= 0.6 is 11.3 Å². The standard InChI is InChI=1S/C17H18N4O2S/c1-10(2)19-15-12(5-4-8-18-15)16(22)21-17-20-13-7-6-11(23-3)9-14(13)24-17/h4-10H,1-3H3,(H,18,19)(H,20,21,22). The van der Waals surface area contributed by atoms with Gasteiger partial charge in [0.2, 0.25) is 0 Å². The number of carbonyl (C=O) groups is 1. The first-order chi connectivity index (χ1) is 11.6. The van der Waals surface area contributed by atoms with Crippen LogP contribution in [0.4, 0.5) is 10.9 Å². The predicted molar refractivity (Wildman–Crippen MR) is 97.1 cm³/mol. The second-order valence-corrected chi connectivity index (χ2v) is 6.54. The van der Waals surface area contributed by atoms with Crippen LogP contribution in [0.2, 0.25) is 0 Å². The van der Waals surface area contributed by atoms with Crippen LogP contribution < -0.4 is 15.4 Å². The van der Waals surface area contributed by atoms with E-state index in [0.717, 1.165) is 16.0 Å². The fourth-order valence-electron chi connectivity index (χ4n) is 2.23. The minimum absolute atomic E-state index is 0.182. The second kappa shape index (κ2) is 6.84. The van der Waals surface area contributed by atoms with Gasteiger partial charge in [-0.25, -0.2) is 9.97 Å². The van der Waals surface area contributed by atoms with Gasteiger partial charge in [0, 0.05) is 12.2 Å². The number of benzene rings is 1. The molecule has 0 aliphatic carbocycles. The minimum atomic E-state index is -0.239. The number of aromatic nitrogens is 2. The zero-order valence-corrected chi connectivity index (χ0v) is 14.5. The Labute approximate surface area is 143 Å².